The fraction of sp³-hybridized carbons (Fsp3) is 0.571. The summed E-state index contributed by atoms with van der Waals surface area (Å²) in [6.45, 7) is 3.46. The molecule has 1 fully saturated rings. The summed E-state index contributed by atoms with van der Waals surface area (Å²) < 4.78 is 0. The van der Waals surface area contributed by atoms with Gasteiger partial charge in [0.2, 0.25) is 0 Å². The Morgan fingerprint density at radius 1 is 1.25 bits per heavy atom. The molecule has 1 aliphatic rings. The first-order valence-electron chi connectivity index (χ1n) is 6.09. The molecule has 1 saturated carbocycles. The second kappa shape index (κ2) is 4.98. The molecule has 0 amide bonds. The van der Waals surface area contributed by atoms with E-state index in [1.165, 1.54) is 18.4 Å². The molecule has 0 bridgehead atoms. The lowest BCUT2D eigenvalue weighted by Gasteiger charge is -2.24. The Bertz CT molecular complexity index is 329. The Kier molecular flexibility index (Phi) is 3.62. The lowest BCUT2D eigenvalue weighted by atomic mass is 10.1. The van der Waals surface area contributed by atoms with E-state index in [0.29, 0.717) is 6.04 Å². The van der Waals surface area contributed by atoms with E-state index in [0.717, 1.165) is 18.0 Å². The van der Waals surface area contributed by atoms with Crippen LogP contribution in [-0.4, -0.2) is 23.1 Å². The van der Waals surface area contributed by atoms with Gasteiger partial charge in [0.25, 0.3) is 0 Å². The van der Waals surface area contributed by atoms with Crippen LogP contribution in [-0.2, 0) is 13.2 Å². The van der Waals surface area contributed by atoms with E-state index in [1.54, 1.807) is 0 Å². The molecule has 0 heterocycles. The molecule has 2 heteroatoms. The van der Waals surface area contributed by atoms with Gasteiger partial charge in [-0.05, 0) is 43.9 Å². The summed E-state index contributed by atoms with van der Waals surface area (Å²) in [6, 6.07) is 8.93. The quantitative estimate of drug-likeness (QED) is 0.822. The first-order valence-corrected chi connectivity index (χ1v) is 6.09. The summed E-state index contributed by atoms with van der Waals surface area (Å²) in [4.78, 5) is 2.42. The van der Waals surface area contributed by atoms with E-state index in [9.17, 15) is 0 Å². The molecule has 0 spiro atoms. The van der Waals surface area contributed by atoms with E-state index >= 15 is 0 Å². The Morgan fingerprint density at radius 3 is 2.31 bits per heavy atom. The standard InChI is InChI=1S/C14H21NO/c1-11(14-7-8-14)15(2)9-12-3-5-13(10-16)6-4-12/h3-6,11,14,16H,7-10H2,1-2H3. The molecule has 16 heavy (non-hydrogen) atoms. The molecule has 1 aromatic carbocycles. The minimum absolute atomic E-state index is 0.134. The van der Waals surface area contributed by atoms with Gasteiger partial charge >= 0.3 is 0 Å². The second-order valence-corrected chi connectivity index (χ2v) is 4.97. The third-order valence-electron chi connectivity index (χ3n) is 3.64. The Morgan fingerprint density at radius 2 is 1.81 bits per heavy atom. The molecular formula is C14H21NO. The fourth-order valence-electron chi connectivity index (χ4n) is 2.12. The topological polar surface area (TPSA) is 23.5 Å². The number of hydrogen-bond acceptors (Lipinski definition) is 2. The van der Waals surface area contributed by atoms with Crippen molar-refractivity contribution < 1.29 is 5.11 Å². The first-order chi connectivity index (χ1) is 7.70. The summed E-state index contributed by atoms with van der Waals surface area (Å²) in [5, 5.41) is 8.97. The third kappa shape index (κ3) is 2.83. The minimum Gasteiger partial charge on any atom is -0.392 e. The highest BCUT2D eigenvalue weighted by Gasteiger charge is 2.30. The maximum atomic E-state index is 8.97. The lowest BCUT2D eigenvalue weighted by molar-refractivity contribution is 0.226. The molecule has 2 nitrogen and oxygen atoms in total. The average molecular weight is 219 g/mol. The Hall–Kier alpha value is -0.860. The van der Waals surface area contributed by atoms with Crippen LogP contribution in [0.25, 0.3) is 0 Å². The van der Waals surface area contributed by atoms with Crippen LogP contribution in [0.15, 0.2) is 24.3 Å². The predicted molar refractivity (Wildman–Crippen MR) is 66.0 cm³/mol. The molecule has 1 N–H and O–H groups in total. The van der Waals surface area contributed by atoms with Gasteiger partial charge in [-0.3, -0.25) is 4.90 Å². The second-order valence-electron chi connectivity index (χ2n) is 4.97. The molecule has 1 unspecified atom stereocenters. The summed E-state index contributed by atoms with van der Waals surface area (Å²) in [7, 11) is 2.20. The van der Waals surface area contributed by atoms with Gasteiger partial charge in [-0.1, -0.05) is 24.3 Å². The lowest BCUT2D eigenvalue weighted by Crippen LogP contribution is -2.30. The van der Waals surface area contributed by atoms with Gasteiger partial charge in [0.1, 0.15) is 0 Å². The largest absolute Gasteiger partial charge is 0.392 e. The molecule has 0 saturated heterocycles. The van der Waals surface area contributed by atoms with Gasteiger partial charge in [-0.15, -0.1) is 0 Å². The first kappa shape index (κ1) is 11.6. The highest BCUT2D eigenvalue weighted by molar-refractivity contribution is 5.21. The zero-order valence-electron chi connectivity index (χ0n) is 10.2. The van der Waals surface area contributed by atoms with Crippen LogP contribution in [0.2, 0.25) is 0 Å². The molecule has 1 atom stereocenters. The molecule has 1 aliphatic carbocycles. The molecule has 88 valence electrons. The Labute approximate surface area is 97.9 Å². The zero-order chi connectivity index (χ0) is 11.5. The van der Waals surface area contributed by atoms with Gasteiger partial charge in [0.05, 0.1) is 6.61 Å². The van der Waals surface area contributed by atoms with Crippen molar-refractivity contribution in [3.05, 3.63) is 35.4 Å². The van der Waals surface area contributed by atoms with Crippen LogP contribution in [0.5, 0.6) is 0 Å². The Balaban J connectivity index is 1.91. The smallest absolute Gasteiger partial charge is 0.0681 e. The van der Waals surface area contributed by atoms with Crippen LogP contribution in [0.3, 0.4) is 0 Å². The summed E-state index contributed by atoms with van der Waals surface area (Å²) in [5.41, 5.74) is 2.31. The number of hydrogen-bond donors (Lipinski definition) is 1. The van der Waals surface area contributed by atoms with Crippen LogP contribution in [0.1, 0.15) is 30.9 Å². The van der Waals surface area contributed by atoms with Crippen molar-refractivity contribution in [3.63, 3.8) is 0 Å². The van der Waals surface area contributed by atoms with Crippen molar-refractivity contribution >= 4 is 0 Å². The normalized spacial score (nSPS) is 17.8. The minimum atomic E-state index is 0.134. The zero-order valence-corrected chi connectivity index (χ0v) is 10.2. The van der Waals surface area contributed by atoms with Gasteiger partial charge in [-0.2, -0.15) is 0 Å². The van der Waals surface area contributed by atoms with Crippen molar-refractivity contribution in [1.82, 2.24) is 4.90 Å². The van der Waals surface area contributed by atoms with Gasteiger partial charge in [0.15, 0.2) is 0 Å². The molecule has 0 aliphatic heterocycles. The summed E-state index contributed by atoms with van der Waals surface area (Å²) >= 11 is 0. The van der Waals surface area contributed by atoms with Crippen molar-refractivity contribution in [3.8, 4) is 0 Å². The maximum absolute atomic E-state index is 8.97. The molecular weight excluding hydrogens is 198 g/mol. The van der Waals surface area contributed by atoms with E-state index < -0.39 is 0 Å². The summed E-state index contributed by atoms with van der Waals surface area (Å²) in [6.07, 6.45) is 2.80. The fourth-order valence-corrected chi connectivity index (χ4v) is 2.12. The van der Waals surface area contributed by atoms with Crippen LogP contribution in [0.4, 0.5) is 0 Å². The maximum Gasteiger partial charge on any atom is 0.0681 e. The molecule has 1 aromatic rings. The number of nitrogens with zero attached hydrogens (tertiary/aromatic N) is 1. The summed E-state index contributed by atoms with van der Waals surface area (Å²) in [5.74, 6) is 0.918. The van der Waals surface area contributed by atoms with Gasteiger partial charge in [0, 0.05) is 12.6 Å². The van der Waals surface area contributed by atoms with Crippen molar-refractivity contribution in [1.29, 1.82) is 0 Å². The average Bonchev–Trinajstić information content (AvgIpc) is 3.13. The van der Waals surface area contributed by atoms with E-state index in [-0.39, 0.29) is 6.61 Å². The number of rotatable bonds is 5. The predicted octanol–water partition coefficient (Wildman–Crippen LogP) is 2.41. The van der Waals surface area contributed by atoms with E-state index in [1.807, 2.05) is 12.1 Å². The molecule has 0 radical (unpaired) electrons. The number of benzene rings is 1. The van der Waals surface area contributed by atoms with Crippen molar-refractivity contribution in [2.75, 3.05) is 7.05 Å². The van der Waals surface area contributed by atoms with Crippen LogP contribution < -0.4 is 0 Å². The van der Waals surface area contributed by atoms with Gasteiger partial charge in [-0.25, -0.2) is 0 Å². The molecule has 0 aromatic heterocycles. The monoisotopic (exact) mass is 219 g/mol. The SMILES string of the molecule is CC(C1CC1)N(C)Cc1ccc(CO)cc1. The van der Waals surface area contributed by atoms with Crippen LogP contribution in [0, 0.1) is 5.92 Å². The van der Waals surface area contributed by atoms with Crippen molar-refractivity contribution in [2.24, 2.45) is 5.92 Å². The highest BCUT2D eigenvalue weighted by Crippen LogP contribution is 2.35. The number of aliphatic hydroxyl groups excluding tert-OH is 1. The van der Waals surface area contributed by atoms with Gasteiger partial charge < -0.3 is 5.11 Å². The van der Waals surface area contributed by atoms with Crippen LogP contribution >= 0.6 is 0 Å². The van der Waals surface area contributed by atoms with E-state index in [2.05, 4.69) is 31.0 Å². The van der Waals surface area contributed by atoms with E-state index in [4.69, 9.17) is 5.11 Å². The van der Waals surface area contributed by atoms with Crippen molar-refractivity contribution in [2.45, 2.75) is 39.0 Å². The third-order valence-corrected chi connectivity index (χ3v) is 3.64. The molecule has 2 rings (SSSR count). The number of aliphatic hydroxyl groups is 1. The highest BCUT2D eigenvalue weighted by atomic mass is 16.3.